The first-order valence-electron chi connectivity index (χ1n) is 9.29. The number of ketones is 2. The van der Waals surface area contributed by atoms with Crippen molar-refractivity contribution in [3.05, 3.63) is 0 Å². The minimum absolute atomic E-state index is 0. The predicted molar refractivity (Wildman–Crippen MR) is 105 cm³/mol. The van der Waals surface area contributed by atoms with Gasteiger partial charge < -0.3 is 15.0 Å². The van der Waals surface area contributed by atoms with Gasteiger partial charge in [0.25, 0.3) is 0 Å². The lowest BCUT2D eigenvalue weighted by Gasteiger charge is -2.32. The lowest BCUT2D eigenvalue weighted by Crippen LogP contribution is -2.42. The maximum Gasteiger partial charge on any atom is 0.410 e. The predicted octanol–water partition coefficient (Wildman–Crippen LogP) is 3.22. The molecule has 6 nitrogen and oxygen atoms in total. The molecule has 1 N–H and O–H groups in total. The lowest BCUT2D eigenvalue weighted by molar-refractivity contribution is -0.122. The summed E-state index contributed by atoms with van der Waals surface area (Å²) < 4.78 is 5.27. The Kier molecular flexibility index (Phi) is 11.0. The van der Waals surface area contributed by atoms with Gasteiger partial charge in [0.2, 0.25) is 0 Å². The SMILES string of the molecule is CC(=O)C1CCN(C(=O)OC(C)(C)C)CC1.CC(=O)C1CCNCC1.Cl. The van der Waals surface area contributed by atoms with Crippen molar-refractivity contribution in [2.45, 2.75) is 65.9 Å². The van der Waals surface area contributed by atoms with Crippen LogP contribution in [-0.4, -0.2) is 54.3 Å². The average Bonchev–Trinajstić information content (AvgIpc) is 2.55. The maximum absolute atomic E-state index is 11.7. The summed E-state index contributed by atoms with van der Waals surface area (Å²) >= 11 is 0. The molecule has 26 heavy (non-hydrogen) atoms. The zero-order chi connectivity index (χ0) is 19.0. The summed E-state index contributed by atoms with van der Waals surface area (Å²) in [4.78, 5) is 35.3. The lowest BCUT2D eigenvalue weighted by atomic mass is 9.94. The number of nitrogens with one attached hydrogen (secondary N) is 1. The van der Waals surface area contributed by atoms with Crippen molar-refractivity contribution in [2.75, 3.05) is 26.2 Å². The zero-order valence-electron chi connectivity index (χ0n) is 16.8. The fraction of sp³-hybridized carbons (Fsp3) is 0.842. The number of carbonyl (C=O) groups excluding carboxylic acids is 3. The van der Waals surface area contributed by atoms with Crippen LogP contribution in [0.1, 0.15) is 60.3 Å². The molecule has 0 atom stereocenters. The quantitative estimate of drug-likeness (QED) is 0.783. The smallest absolute Gasteiger partial charge is 0.410 e. The first-order chi connectivity index (χ1) is 11.6. The first-order valence-corrected chi connectivity index (χ1v) is 9.29. The number of nitrogens with zero attached hydrogens (tertiary/aromatic N) is 1. The minimum atomic E-state index is -0.450. The number of carbonyl (C=O) groups is 3. The van der Waals surface area contributed by atoms with Crippen molar-refractivity contribution < 1.29 is 19.1 Å². The first kappa shape index (κ1) is 24.9. The van der Waals surface area contributed by atoms with Crippen molar-refractivity contribution in [3.63, 3.8) is 0 Å². The van der Waals surface area contributed by atoms with E-state index in [1.807, 2.05) is 20.8 Å². The third-order valence-electron chi connectivity index (χ3n) is 4.64. The van der Waals surface area contributed by atoms with Crippen molar-refractivity contribution in [2.24, 2.45) is 11.8 Å². The van der Waals surface area contributed by atoms with E-state index in [2.05, 4.69) is 5.32 Å². The molecule has 0 aromatic rings. The summed E-state index contributed by atoms with van der Waals surface area (Å²) in [5.74, 6) is 1.06. The van der Waals surface area contributed by atoms with Crippen LogP contribution in [0.5, 0.6) is 0 Å². The topological polar surface area (TPSA) is 75.7 Å². The van der Waals surface area contributed by atoms with Crippen LogP contribution in [0.25, 0.3) is 0 Å². The largest absolute Gasteiger partial charge is 0.444 e. The van der Waals surface area contributed by atoms with Crippen LogP contribution in [0.2, 0.25) is 0 Å². The van der Waals surface area contributed by atoms with Gasteiger partial charge in [-0.1, -0.05) is 0 Å². The van der Waals surface area contributed by atoms with Gasteiger partial charge >= 0.3 is 6.09 Å². The normalized spacial score (nSPS) is 18.9. The van der Waals surface area contributed by atoms with Crippen molar-refractivity contribution >= 4 is 30.1 Å². The molecule has 2 fully saturated rings. The van der Waals surface area contributed by atoms with Crippen LogP contribution >= 0.6 is 12.4 Å². The van der Waals surface area contributed by atoms with Gasteiger partial charge in [0.15, 0.2) is 0 Å². The molecule has 2 aliphatic heterocycles. The number of piperidine rings is 2. The Balaban J connectivity index is 0.000000532. The van der Waals surface area contributed by atoms with Crippen LogP contribution in [0.3, 0.4) is 0 Å². The monoisotopic (exact) mass is 390 g/mol. The van der Waals surface area contributed by atoms with Gasteiger partial charge in [0.05, 0.1) is 0 Å². The van der Waals surface area contributed by atoms with Crippen LogP contribution < -0.4 is 5.32 Å². The average molecular weight is 391 g/mol. The molecule has 0 saturated carbocycles. The molecule has 2 rings (SSSR count). The fourth-order valence-electron chi connectivity index (χ4n) is 3.02. The summed E-state index contributed by atoms with van der Waals surface area (Å²) in [5.41, 5.74) is -0.450. The van der Waals surface area contributed by atoms with Gasteiger partial charge in [-0.2, -0.15) is 0 Å². The number of hydrogen-bond acceptors (Lipinski definition) is 5. The van der Waals surface area contributed by atoms with E-state index in [9.17, 15) is 14.4 Å². The van der Waals surface area contributed by atoms with Crippen molar-refractivity contribution in [1.82, 2.24) is 10.2 Å². The van der Waals surface area contributed by atoms with Gasteiger partial charge in [-0.05, 0) is 73.4 Å². The summed E-state index contributed by atoms with van der Waals surface area (Å²) in [6, 6.07) is 0. The highest BCUT2D eigenvalue weighted by Crippen LogP contribution is 2.20. The molecule has 0 unspecified atom stereocenters. The molecule has 7 heteroatoms. The van der Waals surface area contributed by atoms with Crippen LogP contribution in [0, 0.1) is 11.8 Å². The number of halogens is 1. The van der Waals surface area contributed by atoms with E-state index in [0.717, 1.165) is 38.8 Å². The van der Waals surface area contributed by atoms with E-state index in [1.165, 1.54) is 0 Å². The highest BCUT2D eigenvalue weighted by molar-refractivity contribution is 5.85. The van der Waals surface area contributed by atoms with Crippen molar-refractivity contribution in [1.29, 1.82) is 0 Å². The van der Waals surface area contributed by atoms with Crippen LogP contribution in [-0.2, 0) is 14.3 Å². The Morgan fingerprint density at radius 1 is 0.885 bits per heavy atom. The third kappa shape index (κ3) is 9.53. The van der Waals surface area contributed by atoms with E-state index >= 15 is 0 Å². The van der Waals surface area contributed by atoms with Gasteiger partial charge in [0.1, 0.15) is 17.2 Å². The van der Waals surface area contributed by atoms with Crippen molar-refractivity contribution in [3.8, 4) is 0 Å². The molecule has 2 aliphatic rings. The summed E-state index contributed by atoms with van der Waals surface area (Å²) in [6.07, 6.45) is 3.32. The van der Waals surface area contributed by atoms with Crippen LogP contribution in [0.15, 0.2) is 0 Å². The van der Waals surface area contributed by atoms with E-state index in [0.29, 0.717) is 24.8 Å². The van der Waals surface area contributed by atoms with Gasteiger partial charge in [-0.25, -0.2) is 4.79 Å². The molecule has 0 aromatic heterocycles. The second-order valence-electron chi connectivity index (χ2n) is 7.99. The molecule has 0 spiro atoms. The Morgan fingerprint density at radius 3 is 1.65 bits per heavy atom. The van der Waals surface area contributed by atoms with E-state index < -0.39 is 5.60 Å². The van der Waals surface area contributed by atoms with Crippen LogP contribution in [0.4, 0.5) is 4.79 Å². The number of hydrogen-bond donors (Lipinski definition) is 1. The standard InChI is InChI=1S/C12H21NO3.C7H13NO.ClH/c1-9(14)10-5-7-13(8-6-10)11(15)16-12(2,3)4;1-6(9)7-2-4-8-5-3-7;/h10H,5-8H2,1-4H3;7-8H,2-5H2,1H3;1H. The molecule has 2 heterocycles. The van der Waals surface area contributed by atoms with Gasteiger partial charge in [0, 0.05) is 24.9 Å². The molecular formula is C19H35ClN2O4. The number of likely N-dealkylation sites (tertiary alicyclic amines) is 1. The summed E-state index contributed by atoms with van der Waals surface area (Å²) in [7, 11) is 0. The Labute approximate surface area is 163 Å². The molecule has 2 saturated heterocycles. The zero-order valence-corrected chi connectivity index (χ0v) is 17.6. The second kappa shape index (κ2) is 11.5. The van der Waals surface area contributed by atoms with E-state index in [4.69, 9.17) is 4.74 Å². The minimum Gasteiger partial charge on any atom is -0.444 e. The molecule has 1 amide bonds. The number of ether oxygens (including phenoxy) is 1. The van der Waals surface area contributed by atoms with E-state index in [1.54, 1.807) is 18.7 Å². The fourth-order valence-corrected chi connectivity index (χ4v) is 3.02. The summed E-state index contributed by atoms with van der Waals surface area (Å²) in [5, 5.41) is 3.22. The number of Topliss-reactive ketones (excluding diaryl/α,β-unsaturated/α-hetero) is 2. The molecule has 0 radical (unpaired) electrons. The second-order valence-corrected chi connectivity index (χ2v) is 7.99. The van der Waals surface area contributed by atoms with Gasteiger partial charge in [-0.3, -0.25) is 9.59 Å². The molecule has 0 aliphatic carbocycles. The Morgan fingerprint density at radius 2 is 1.31 bits per heavy atom. The summed E-state index contributed by atoms with van der Waals surface area (Å²) in [6.45, 7) is 12.2. The molecule has 0 aromatic carbocycles. The Hall–Kier alpha value is -1.14. The third-order valence-corrected chi connectivity index (χ3v) is 4.64. The van der Waals surface area contributed by atoms with Gasteiger partial charge in [-0.15, -0.1) is 12.4 Å². The number of rotatable bonds is 2. The highest BCUT2D eigenvalue weighted by atomic mass is 35.5. The molecular weight excluding hydrogens is 356 g/mol. The maximum atomic E-state index is 11.7. The molecule has 0 bridgehead atoms. The number of amides is 1. The van der Waals surface area contributed by atoms with E-state index in [-0.39, 0.29) is 30.2 Å². The molecule has 152 valence electrons. The highest BCUT2D eigenvalue weighted by Gasteiger charge is 2.28. The Bertz CT molecular complexity index is 463.